The normalized spacial score (nSPS) is 39.1. The van der Waals surface area contributed by atoms with Gasteiger partial charge in [0.25, 0.3) is 0 Å². The van der Waals surface area contributed by atoms with Crippen LogP contribution in [0.4, 0.5) is 0 Å². The van der Waals surface area contributed by atoms with Crippen molar-refractivity contribution >= 4 is 9.84 Å². The SMILES string of the molecule is O=S1(=O)CCCCC1C1CCCN1. The Hall–Kier alpha value is -0.0900. The van der Waals surface area contributed by atoms with E-state index in [1.54, 1.807) is 0 Å². The molecule has 0 aliphatic carbocycles. The molecule has 2 atom stereocenters. The zero-order valence-electron chi connectivity index (χ0n) is 7.83. The lowest BCUT2D eigenvalue weighted by molar-refractivity contribution is 0.475. The van der Waals surface area contributed by atoms with Crippen LogP contribution in [-0.2, 0) is 9.84 Å². The van der Waals surface area contributed by atoms with Crippen molar-refractivity contribution < 1.29 is 8.42 Å². The predicted octanol–water partition coefficient (Wildman–Crippen LogP) is 0.706. The second-order valence-electron chi connectivity index (χ2n) is 4.10. The average Bonchev–Trinajstić information content (AvgIpc) is 2.55. The van der Waals surface area contributed by atoms with E-state index < -0.39 is 9.84 Å². The van der Waals surface area contributed by atoms with Crippen LogP contribution in [0.5, 0.6) is 0 Å². The summed E-state index contributed by atoms with van der Waals surface area (Å²) in [6.07, 6.45) is 5.01. The lowest BCUT2D eigenvalue weighted by Crippen LogP contribution is -2.43. The Bertz CT molecular complexity index is 267. The first kappa shape index (κ1) is 9.46. The maximum Gasteiger partial charge on any atom is 0.154 e. The maximum atomic E-state index is 11.7. The van der Waals surface area contributed by atoms with Gasteiger partial charge in [0, 0.05) is 6.04 Å². The van der Waals surface area contributed by atoms with E-state index in [1.807, 2.05) is 0 Å². The molecule has 2 heterocycles. The molecule has 1 N–H and O–H groups in total. The largest absolute Gasteiger partial charge is 0.313 e. The highest BCUT2D eigenvalue weighted by Crippen LogP contribution is 2.25. The Morgan fingerprint density at radius 1 is 1.08 bits per heavy atom. The molecule has 2 saturated heterocycles. The number of sulfone groups is 1. The quantitative estimate of drug-likeness (QED) is 0.682. The van der Waals surface area contributed by atoms with Gasteiger partial charge in [-0.1, -0.05) is 6.42 Å². The fourth-order valence-corrected chi connectivity index (χ4v) is 4.63. The summed E-state index contributed by atoms with van der Waals surface area (Å²) in [5, 5.41) is 3.22. The van der Waals surface area contributed by atoms with E-state index in [2.05, 4.69) is 5.32 Å². The molecular formula is C9H17NO2S. The standard InChI is InChI=1S/C9H17NO2S/c11-13(12)7-2-1-5-9(13)8-4-3-6-10-8/h8-10H,1-7H2. The molecule has 0 radical (unpaired) electrons. The van der Waals surface area contributed by atoms with Gasteiger partial charge in [-0.15, -0.1) is 0 Å². The van der Waals surface area contributed by atoms with E-state index in [1.165, 1.54) is 0 Å². The molecule has 13 heavy (non-hydrogen) atoms. The second kappa shape index (κ2) is 3.58. The molecule has 0 bridgehead atoms. The van der Waals surface area contributed by atoms with Crippen molar-refractivity contribution in [2.75, 3.05) is 12.3 Å². The van der Waals surface area contributed by atoms with Crippen LogP contribution in [0, 0.1) is 0 Å². The molecule has 76 valence electrons. The van der Waals surface area contributed by atoms with Gasteiger partial charge in [-0.2, -0.15) is 0 Å². The van der Waals surface area contributed by atoms with E-state index >= 15 is 0 Å². The number of hydrogen-bond donors (Lipinski definition) is 1. The van der Waals surface area contributed by atoms with Crippen LogP contribution in [0.1, 0.15) is 32.1 Å². The molecular weight excluding hydrogens is 186 g/mol. The van der Waals surface area contributed by atoms with Crippen LogP contribution in [0.2, 0.25) is 0 Å². The molecule has 0 aromatic carbocycles. The summed E-state index contributed by atoms with van der Waals surface area (Å²) in [4.78, 5) is 0. The molecule has 2 unspecified atom stereocenters. The summed E-state index contributed by atoms with van der Waals surface area (Å²) < 4.78 is 23.5. The van der Waals surface area contributed by atoms with Crippen LogP contribution in [0.25, 0.3) is 0 Å². The Balaban J connectivity index is 2.11. The van der Waals surface area contributed by atoms with Crippen molar-refractivity contribution in [3.05, 3.63) is 0 Å². The summed E-state index contributed by atoms with van der Waals surface area (Å²) >= 11 is 0. The van der Waals surface area contributed by atoms with Crippen molar-refractivity contribution in [2.45, 2.75) is 43.4 Å². The van der Waals surface area contributed by atoms with E-state index in [0.29, 0.717) is 5.75 Å². The van der Waals surface area contributed by atoms with Crippen molar-refractivity contribution in [1.82, 2.24) is 5.32 Å². The Morgan fingerprint density at radius 3 is 2.54 bits per heavy atom. The first-order valence-corrected chi connectivity index (χ1v) is 6.87. The fraction of sp³-hybridized carbons (Fsp3) is 1.00. The van der Waals surface area contributed by atoms with Gasteiger partial charge in [0.15, 0.2) is 9.84 Å². The Labute approximate surface area is 79.8 Å². The van der Waals surface area contributed by atoms with Gasteiger partial charge in [-0.05, 0) is 32.2 Å². The highest BCUT2D eigenvalue weighted by atomic mass is 32.2. The number of hydrogen-bond acceptors (Lipinski definition) is 3. The molecule has 0 saturated carbocycles. The molecule has 0 aromatic rings. The van der Waals surface area contributed by atoms with E-state index in [-0.39, 0.29) is 11.3 Å². The van der Waals surface area contributed by atoms with Crippen LogP contribution in [0.3, 0.4) is 0 Å². The molecule has 0 amide bonds. The lowest BCUT2D eigenvalue weighted by atomic mass is 10.1. The summed E-state index contributed by atoms with van der Waals surface area (Å²) in [7, 11) is -2.77. The van der Waals surface area contributed by atoms with Crippen LogP contribution in [0.15, 0.2) is 0 Å². The highest BCUT2D eigenvalue weighted by Gasteiger charge is 2.36. The van der Waals surface area contributed by atoms with Crippen molar-refractivity contribution in [3.63, 3.8) is 0 Å². The van der Waals surface area contributed by atoms with Gasteiger partial charge in [0.05, 0.1) is 11.0 Å². The molecule has 0 aromatic heterocycles. The second-order valence-corrected chi connectivity index (χ2v) is 6.44. The molecule has 4 heteroatoms. The first-order chi connectivity index (χ1) is 6.20. The van der Waals surface area contributed by atoms with Crippen LogP contribution in [-0.4, -0.2) is 32.0 Å². The van der Waals surface area contributed by atoms with Gasteiger partial charge in [0.1, 0.15) is 0 Å². The molecule has 2 rings (SSSR count). The fourth-order valence-electron chi connectivity index (χ4n) is 2.46. The third kappa shape index (κ3) is 1.89. The zero-order valence-corrected chi connectivity index (χ0v) is 8.65. The molecule has 3 nitrogen and oxygen atoms in total. The van der Waals surface area contributed by atoms with E-state index in [0.717, 1.165) is 38.6 Å². The minimum Gasteiger partial charge on any atom is -0.313 e. The molecule has 2 fully saturated rings. The third-order valence-corrected chi connectivity index (χ3v) is 5.52. The molecule has 2 aliphatic heterocycles. The van der Waals surface area contributed by atoms with Gasteiger partial charge in [0.2, 0.25) is 0 Å². The third-order valence-electron chi connectivity index (χ3n) is 3.18. The summed E-state index contributed by atoms with van der Waals surface area (Å²) in [6, 6.07) is 0.255. The monoisotopic (exact) mass is 203 g/mol. The van der Waals surface area contributed by atoms with Crippen molar-refractivity contribution in [2.24, 2.45) is 0 Å². The maximum absolute atomic E-state index is 11.7. The summed E-state index contributed by atoms with van der Waals surface area (Å²) in [5.41, 5.74) is 0. The smallest absolute Gasteiger partial charge is 0.154 e. The average molecular weight is 203 g/mol. The minimum absolute atomic E-state index is 0.0799. The van der Waals surface area contributed by atoms with Gasteiger partial charge in [-0.25, -0.2) is 8.42 Å². The topological polar surface area (TPSA) is 46.2 Å². The van der Waals surface area contributed by atoms with Crippen molar-refractivity contribution in [3.8, 4) is 0 Å². The summed E-state index contributed by atoms with van der Waals surface area (Å²) in [6.45, 7) is 0.997. The highest BCUT2D eigenvalue weighted by molar-refractivity contribution is 7.92. The molecule has 0 spiro atoms. The Kier molecular flexibility index (Phi) is 2.60. The van der Waals surface area contributed by atoms with Gasteiger partial charge in [-0.3, -0.25) is 0 Å². The van der Waals surface area contributed by atoms with Gasteiger partial charge < -0.3 is 5.32 Å². The number of nitrogens with one attached hydrogen (secondary N) is 1. The molecule has 2 aliphatic rings. The van der Waals surface area contributed by atoms with E-state index in [9.17, 15) is 8.42 Å². The minimum atomic E-state index is -2.77. The predicted molar refractivity (Wildman–Crippen MR) is 52.5 cm³/mol. The summed E-state index contributed by atoms with van der Waals surface area (Å²) in [5.74, 6) is 0.413. The van der Waals surface area contributed by atoms with E-state index in [4.69, 9.17) is 0 Å². The lowest BCUT2D eigenvalue weighted by Gasteiger charge is -2.27. The first-order valence-electron chi connectivity index (χ1n) is 5.15. The van der Waals surface area contributed by atoms with Crippen LogP contribution >= 0.6 is 0 Å². The number of rotatable bonds is 1. The van der Waals surface area contributed by atoms with Crippen LogP contribution < -0.4 is 5.32 Å². The van der Waals surface area contributed by atoms with Crippen molar-refractivity contribution in [1.29, 1.82) is 0 Å². The van der Waals surface area contributed by atoms with Gasteiger partial charge >= 0.3 is 0 Å². The zero-order chi connectivity index (χ0) is 9.31. The Morgan fingerprint density at radius 2 is 1.92 bits per heavy atom.